The van der Waals surface area contributed by atoms with Gasteiger partial charge in [-0.2, -0.15) is 5.10 Å². The molecule has 29 heavy (non-hydrogen) atoms. The molecule has 0 bridgehead atoms. The largest absolute Gasteiger partial charge is 0.497 e. The number of carbonyl (C=O) groups excluding carboxylic acids is 1. The number of nitro groups is 1. The van der Waals surface area contributed by atoms with E-state index in [0.29, 0.717) is 22.7 Å². The van der Waals surface area contributed by atoms with Crippen molar-refractivity contribution in [1.29, 1.82) is 0 Å². The number of carbonyl (C=O) groups is 1. The molecule has 0 unspecified atom stereocenters. The molecule has 1 saturated heterocycles. The number of methoxy groups -OCH3 is 1. The SMILES string of the molecule is COc1ccc(-n2nc(-c3ccc([N+](=O)[O-])cc3)cc2C(=O)N2CCCC2)cc1. The second-order valence-corrected chi connectivity index (χ2v) is 6.83. The Balaban J connectivity index is 1.76. The molecule has 0 spiro atoms. The standard InChI is InChI=1S/C21H20N4O4/c1-29-18-10-8-16(9-11-18)24-20(21(26)23-12-2-3-13-23)14-19(22-24)15-4-6-17(7-5-15)25(27)28/h4-11,14H,2-3,12-13H2,1H3. The van der Waals surface area contributed by atoms with E-state index in [9.17, 15) is 14.9 Å². The van der Waals surface area contributed by atoms with Crippen molar-refractivity contribution in [2.75, 3.05) is 20.2 Å². The van der Waals surface area contributed by atoms with Crippen molar-refractivity contribution < 1.29 is 14.5 Å². The van der Waals surface area contributed by atoms with E-state index in [-0.39, 0.29) is 11.6 Å². The van der Waals surface area contributed by atoms with Crippen molar-refractivity contribution in [2.45, 2.75) is 12.8 Å². The van der Waals surface area contributed by atoms with E-state index in [2.05, 4.69) is 5.10 Å². The van der Waals surface area contributed by atoms with Gasteiger partial charge in [-0.15, -0.1) is 0 Å². The smallest absolute Gasteiger partial charge is 0.272 e. The van der Waals surface area contributed by atoms with Crippen LogP contribution >= 0.6 is 0 Å². The molecule has 0 radical (unpaired) electrons. The first-order chi connectivity index (χ1) is 14.1. The van der Waals surface area contributed by atoms with E-state index in [1.165, 1.54) is 12.1 Å². The summed E-state index contributed by atoms with van der Waals surface area (Å²) >= 11 is 0. The monoisotopic (exact) mass is 392 g/mol. The lowest BCUT2D eigenvalue weighted by Crippen LogP contribution is -2.29. The zero-order valence-electron chi connectivity index (χ0n) is 15.9. The molecule has 2 aromatic carbocycles. The van der Waals surface area contributed by atoms with Crippen LogP contribution in [0.15, 0.2) is 54.6 Å². The number of hydrogen-bond acceptors (Lipinski definition) is 5. The summed E-state index contributed by atoms with van der Waals surface area (Å²) in [6.45, 7) is 1.47. The number of nitro benzene ring substituents is 1. The average Bonchev–Trinajstić information content (AvgIpc) is 3.44. The molecule has 1 aliphatic rings. The van der Waals surface area contributed by atoms with Gasteiger partial charge in [0.25, 0.3) is 11.6 Å². The quantitative estimate of drug-likeness (QED) is 0.488. The van der Waals surface area contributed by atoms with Gasteiger partial charge in [-0.05, 0) is 55.3 Å². The van der Waals surface area contributed by atoms with Crippen molar-refractivity contribution in [3.63, 3.8) is 0 Å². The van der Waals surface area contributed by atoms with Gasteiger partial charge in [-0.3, -0.25) is 14.9 Å². The van der Waals surface area contributed by atoms with E-state index in [1.54, 1.807) is 30.0 Å². The van der Waals surface area contributed by atoms with Crippen molar-refractivity contribution >= 4 is 11.6 Å². The number of nitrogens with zero attached hydrogens (tertiary/aromatic N) is 4. The highest BCUT2D eigenvalue weighted by atomic mass is 16.6. The van der Waals surface area contributed by atoms with Crippen molar-refractivity contribution in [2.24, 2.45) is 0 Å². The highest BCUT2D eigenvalue weighted by Crippen LogP contribution is 2.26. The number of aromatic nitrogens is 2. The molecular formula is C21H20N4O4. The van der Waals surface area contributed by atoms with E-state index < -0.39 is 4.92 Å². The first-order valence-corrected chi connectivity index (χ1v) is 9.35. The van der Waals surface area contributed by atoms with Crippen molar-refractivity contribution in [3.8, 4) is 22.7 Å². The first-order valence-electron chi connectivity index (χ1n) is 9.35. The maximum atomic E-state index is 13.1. The summed E-state index contributed by atoms with van der Waals surface area (Å²) in [7, 11) is 1.60. The van der Waals surface area contributed by atoms with E-state index >= 15 is 0 Å². The maximum Gasteiger partial charge on any atom is 0.272 e. The molecule has 0 saturated carbocycles. The maximum absolute atomic E-state index is 13.1. The first kappa shape index (κ1) is 18.7. The molecule has 1 aromatic heterocycles. The Morgan fingerprint density at radius 2 is 1.72 bits per heavy atom. The molecular weight excluding hydrogens is 372 g/mol. The summed E-state index contributed by atoms with van der Waals surface area (Å²) < 4.78 is 6.83. The Morgan fingerprint density at radius 1 is 1.07 bits per heavy atom. The van der Waals surface area contributed by atoms with Crippen LogP contribution in [0.1, 0.15) is 23.3 Å². The Bertz CT molecular complexity index is 1040. The van der Waals surface area contributed by atoms with Gasteiger partial charge in [-0.1, -0.05) is 0 Å². The van der Waals surface area contributed by atoms with Crippen LogP contribution in [0.4, 0.5) is 5.69 Å². The highest BCUT2D eigenvalue weighted by molar-refractivity contribution is 5.94. The Labute approximate surface area is 167 Å². The predicted molar refractivity (Wildman–Crippen MR) is 107 cm³/mol. The molecule has 0 N–H and O–H groups in total. The summed E-state index contributed by atoms with van der Waals surface area (Å²) in [5, 5.41) is 15.5. The van der Waals surface area contributed by atoms with Crippen LogP contribution in [-0.2, 0) is 0 Å². The number of hydrogen-bond donors (Lipinski definition) is 0. The normalized spacial score (nSPS) is 13.5. The molecule has 8 heteroatoms. The molecule has 1 aliphatic heterocycles. The van der Waals surface area contributed by atoms with Gasteiger partial charge >= 0.3 is 0 Å². The molecule has 1 fully saturated rings. The third-order valence-corrected chi connectivity index (χ3v) is 5.01. The van der Waals surface area contributed by atoms with Gasteiger partial charge < -0.3 is 9.64 Å². The summed E-state index contributed by atoms with van der Waals surface area (Å²) in [4.78, 5) is 25.4. The van der Waals surface area contributed by atoms with Crippen LogP contribution in [0.25, 0.3) is 16.9 Å². The summed E-state index contributed by atoms with van der Waals surface area (Å²) in [5.74, 6) is 0.642. The molecule has 1 amide bonds. The van der Waals surface area contributed by atoms with Crippen LogP contribution in [0.2, 0.25) is 0 Å². The van der Waals surface area contributed by atoms with Gasteiger partial charge in [0.2, 0.25) is 0 Å². The van der Waals surface area contributed by atoms with E-state index in [4.69, 9.17) is 4.74 Å². The topological polar surface area (TPSA) is 90.5 Å². The lowest BCUT2D eigenvalue weighted by Gasteiger charge is -2.16. The summed E-state index contributed by atoms with van der Waals surface area (Å²) in [6, 6.07) is 15.2. The minimum atomic E-state index is -0.442. The van der Waals surface area contributed by atoms with Gasteiger partial charge in [0.15, 0.2) is 0 Å². The van der Waals surface area contributed by atoms with E-state index in [0.717, 1.165) is 31.6 Å². The molecule has 148 valence electrons. The molecule has 0 atom stereocenters. The number of amides is 1. The minimum absolute atomic E-state index is 0.0108. The fourth-order valence-electron chi connectivity index (χ4n) is 3.43. The lowest BCUT2D eigenvalue weighted by molar-refractivity contribution is -0.384. The summed E-state index contributed by atoms with van der Waals surface area (Å²) in [5.41, 5.74) is 2.50. The zero-order chi connectivity index (χ0) is 20.4. The van der Waals surface area contributed by atoms with Crippen molar-refractivity contribution in [1.82, 2.24) is 14.7 Å². The number of benzene rings is 2. The molecule has 3 aromatic rings. The Morgan fingerprint density at radius 3 is 2.31 bits per heavy atom. The lowest BCUT2D eigenvalue weighted by atomic mass is 10.1. The van der Waals surface area contributed by atoms with Crippen LogP contribution in [0, 0.1) is 10.1 Å². The number of ether oxygens (including phenoxy) is 1. The molecule has 0 aliphatic carbocycles. The fourth-order valence-corrected chi connectivity index (χ4v) is 3.43. The Hall–Kier alpha value is -3.68. The van der Waals surface area contributed by atoms with Crippen molar-refractivity contribution in [3.05, 3.63) is 70.4 Å². The molecule has 4 rings (SSSR count). The third kappa shape index (κ3) is 3.69. The van der Waals surface area contributed by atoms with E-state index in [1.807, 2.05) is 29.2 Å². The second-order valence-electron chi connectivity index (χ2n) is 6.83. The van der Waals surface area contributed by atoms with Crippen LogP contribution < -0.4 is 4.74 Å². The number of rotatable bonds is 5. The minimum Gasteiger partial charge on any atom is -0.497 e. The van der Waals surface area contributed by atoms with Gasteiger partial charge in [0.05, 0.1) is 23.4 Å². The fraction of sp³-hybridized carbons (Fsp3) is 0.238. The van der Waals surface area contributed by atoms with Gasteiger partial charge in [-0.25, -0.2) is 4.68 Å². The molecule has 8 nitrogen and oxygen atoms in total. The zero-order valence-corrected chi connectivity index (χ0v) is 15.9. The third-order valence-electron chi connectivity index (χ3n) is 5.01. The Kier molecular flexibility index (Phi) is 4.99. The van der Waals surface area contributed by atoms with Gasteiger partial charge in [0.1, 0.15) is 11.4 Å². The predicted octanol–water partition coefficient (Wildman–Crippen LogP) is 3.69. The van der Waals surface area contributed by atoms with Gasteiger partial charge in [0, 0.05) is 30.8 Å². The highest BCUT2D eigenvalue weighted by Gasteiger charge is 2.25. The summed E-state index contributed by atoms with van der Waals surface area (Å²) in [6.07, 6.45) is 2.00. The number of likely N-dealkylation sites (tertiary alicyclic amines) is 1. The average molecular weight is 392 g/mol. The van der Waals surface area contributed by atoms with Crippen LogP contribution in [0.3, 0.4) is 0 Å². The van der Waals surface area contributed by atoms with Crippen LogP contribution in [0.5, 0.6) is 5.75 Å². The molecule has 2 heterocycles. The number of non-ortho nitro benzene ring substituents is 1. The van der Waals surface area contributed by atoms with Crippen LogP contribution in [-0.4, -0.2) is 45.7 Å². The second kappa shape index (κ2) is 7.75.